The van der Waals surface area contributed by atoms with Crippen molar-refractivity contribution in [1.29, 1.82) is 5.26 Å². The quantitative estimate of drug-likeness (QED) is 0.505. The van der Waals surface area contributed by atoms with Crippen LogP contribution in [-0.2, 0) is 0 Å². The Morgan fingerprint density at radius 2 is 2.00 bits per heavy atom. The van der Waals surface area contributed by atoms with Crippen LogP contribution < -0.4 is 11.1 Å². The number of fused-ring (bicyclic) bond motifs is 1. The third kappa shape index (κ3) is 3.65. The van der Waals surface area contributed by atoms with Crippen LogP contribution in [0.5, 0.6) is 0 Å². The minimum Gasteiger partial charge on any atom is -0.387 e. The zero-order valence-corrected chi connectivity index (χ0v) is 17.9. The van der Waals surface area contributed by atoms with Crippen molar-refractivity contribution in [2.24, 2.45) is 5.73 Å². The molecule has 1 aliphatic carbocycles. The van der Waals surface area contributed by atoms with Crippen molar-refractivity contribution >= 4 is 28.1 Å². The highest BCUT2D eigenvalue weighted by Gasteiger charge is 2.24. The molecule has 0 unspecified atom stereocenters. The Morgan fingerprint density at radius 3 is 2.77 bits per heavy atom. The molecule has 9 heteroatoms. The van der Waals surface area contributed by atoms with Crippen molar-refractivity contribution in [2.45, 2.75) is 37.6 Å². The van der Waals surface area contributed by atoms with Gasteiger partial charge in [-0.1, -0.05) is 11.3 Å². The molecule has 4 aromatic rings. The van der Waals surface area contributed by atoms with E-state index in [1.807, 2.05) is 42.2 Å². The second-order valence-electron chi connectivity index (χ2n) is 7.83. The van der Waals surface area contributed by atoms with Gasteiger partial charge in [-0.2, -0.15) is 5.26 Å². The molecule has 0 atom stereocenters. The first-order valence-corrected chi connectivity index (χ1v) is 11.1. The van der Waals surface area contributed by atoms with Crippen molar-refractivity contribution in [1.82, 2.24) is 24.7 Å². The Balaban J connectivity index is 1.47. The van der Waals surface area contributed by atoms with Crippen LogP contribution in [0.25, 0.3) is 27.4 Å². The molecule has 4 heterocycles. The summed E-state index contributed by atoms with van der Waals surface area (Å²) in [6, 6.07) is 8.19. The third-order valence-electron chi connectivity index (χ3n) is 5.85. The van der Waals surface area contributed by atoms with Crippen LogP contribution in [-0.4, -0.2) is 37.8 Å². The summed E-state index contributed by atoms with van der Waals surface area (Å²) in [6.07, 6.45) is 9.57. The smallest absolute Gasteiger partial charge is 0.151 e. The molecule has 156 valence electrons. The second kappa shape index (κ2) is 8.06. The fourth-order valence-electron chi connectivity index (χ4n) is 4.10. The summed E-state index contributed by atoms with van der Waals surface area (Å²) in [5.74, 6) is 1.19. The summed E-state index contributed by atoms with van der Waals surface area (Å²) in [4.78, 5) is 9.11. The van der Waals surface area contributed by atoms with Crippen molar-refractivity contribution in [3.8, 4) is 22.5 Å². The van der Waals surface area contributed by atoms with E-state index in [9.17, 15) is 0 Å². The molecule has 8 nitrogen and oxygen atoms in total. The number of nitriles is 1. The van der Waals surface area contributed by atoms with Gasteiger partial charge in [0.25, 0.3) is 0 Å². The first-order chi connectivity index (χ1) is 15.2. The van der Waals surface area contributed by atoms with Crippen LogP contribution in [0.4, 0.5) is 5.69 Å². The van der Waals surface area contributed by atoms with Crippen LogP contribution in [0, 0.1) is 11.3 Å². The molecule has 0 aliphatic heterocycles. The molecule has 0 radical (unpaired) electrons. The lowest BCUT2D eigenvalue weighted by Gasteiger charge is -2.23. The molecule has 0 aromatic carbocycles. The predicted octanol–water partition coefficient (Wildman–Crippen LogP) is 3.84. The average Bonchev–Trinajstić information content (AvgIpc) is 3.46. The van der Waals surface area contributed by atoms with E-state index in [-0.39, 0.29) is 0 Å². The molecule has 31 heavy (non-hydrogen) atoms. The molecule has 4 aromatic heterocycles. The molecule has 1 saturated carbocycles. The number of rotatable bonds is 4. The normalized spacial score (nSPS) is 18.7. The van der Waals surface area contributed by atoms with Gasteiger partial charge in [0, 0.05) is 54.7 Å². The first-order valence-electron chi connectivity index (χ1n) is 10.3. The van der Waals surface area contributed by atoms with E-state index < -0.39 is 0 Å². The molecule has 0 spiro atoms. The minimum absolute atomic E-state index is 0.321. The van der Waals surface area contributed by atoms with E-state index in [1.54, 1.807) is 17.5 Å². The van der Waals surface area contributed by atoms with E-state index >= 15 is 0 Å². The van der Waals surface area contributed by atoms with Gasteiger partial charge in [-0.25, -0.2) is 9.97 Å². The maximum atomic E-state index is 9.09. The van der Waals surface area contributed by atoms with Crippen molar-refractivity contribution in [3.63, 3.8) is 0 Å². The molecule has 0 saturated heterocycles. The van der Waals surface area contributed by atoms with Gasteiger partial charge in [0.05, 0.1) is 11.1 Å². The molecule has 0 bridgehead atoms. The van der Waals surface area contributed by atoms with Crippen LogP contribution in [0.3, 0.4) is 0 Å². The van der Waals surface area contributed by atoms with Gasteiger partial charge in [-0.3, -0.25) is 4.57 Å². The van der Waals surface area contributed by atoms with Crippen LogP contribution in [0.15, 0.2) is 36.8 Å². The lowest BCUT2D eigenvalue weighted by molar-refractivity contribution is 0.393. The highest BCUT2D eigenvalue weighted by molar-refractivity contribution is 7.14. The summed E-state index contributed by atoms with van der Waals surface area (Å²) in [5, 5.41) is 24.1. The van der Waals surface area contributed by atoms with Gasteiger partial charge in [0.2, 0.25) is 0 Å². The van der Waals surface area contributed by atoms with Crippen LogP contribution >= 0.6 is 11.3 Å². The Bertz CT molecular complexity index is 1280. The number of hydrogen-bond donors (Lipinski definition) is 2. The van der Waals surface area contributed by atoms with E-state index in [0.29, 0.717) is 17.5 Å². The topological polar surface area (TPSA) is 118 Å². The zero-order valence-electron chi connectivity index (χ0n) is 17.1. The standard InChI is InChI=1S/C22H22N8S/c1-25-18-9-19(30-7-6-15-8-13(10-23)11-27-20(15)30)26-12-17(18)22-29-28-21(31-22)14-2-4-16(24)5-3-14/h6-9,11-12,14,16H,2-5,24H2,1H3,(H,25,26). The maximum Gasteiger partial charge on any atom is 0.151 e. The minimum atomic E-state index is 0.321. The van der Waals surface area contributed by atoms with Gasteiger partial charge in [-0.05, 0) is 37.8 Å². The number of nitrogens with one attached hydrogen (secondary N) is 1. The van der Waals surface area contributed by atoms with E-state index in [4.69, 9.17) is 11.0 Å². The summed E-state index contributed by atoms with van der Waals surface area (Å²) in [5.41, 5.74) is 9.19. The van der Waals surface area contributed by atoms with Gasteiger partial charge in [0.1, 0.15) is 22.5 Å². The molecule has 5 rings (SSSR count). The van der Waals surface area contributed by atoms with Gasteiger partial charge in [-0.15, -0.1) is 10.2 Å². The second-order valence-corrected chi connectivity index (χ2v) is 8.84. The SMILES string of the molecule is CNc1cc(-n2ccc3cc(C#N)cnc32)ncc1-c1nnc(C2CCC(N)CC2)s1. The van der Waals surface area contributed by atoms with Crippen molar-refractivity contribution < 1.29 is 0 Å². The van der Waals surface area contributed by atoms with Crippen molar-refractivity contribution in [2.75, 3.05) is 12.4 Å². The lowest BCUT2D eigenvalue weighted by atomic mass is 9.87. The Kier molecular flexibility index (Phi) is 5.10. The third-order valence-corrected chi connectivity index (χ3v) is 6.97. The highest BCUT2D eigenvalue weighted by Crippen LogP contribution is 2.38. The molecular weight excluding hydrogens is 408 g/mol. The Morgan fingerprint density at radius 1 is 1.16 bits per heavy atom. The van der Waals surface area contributed by atoms with Gasteiger partial charge >= 0.3 is 0 Å². The largest absolute Gasteiger partial charge is 0.387 e. The molecule has 0 amide bonds. The molecule has 1 fully saturated rings. The average molecular weight is 431 g/mol. The van der Waals surface area contributed by atoms with E-state index in [2.05, 4.69) is 31.6 Å². The Hall–Kier alpha value is -3.35. The Labute approximate surface area is 183 Å². The molecular formula is C22H22N8S. The van der Waals surface area contributed by atoms with E-state index in [0.717, 1.165) is 63.8 Å². The maximum absolute atomic E-state index is 9.09. The van der Waals surface area contributed by atoms with Crippen molar-refractivity contribution in [3.05, 3.63) is 47.4 Å². The zero-order chi connectivity index (χ0) is 21.4. The summed E-state index contributed by atoms with van der Waals surface area (Å²) >= 11 is 1.64. The first kappa shape index (κ1) is 19.6. The van der Waals surface area contributed by atoms with Gasteiger partial charge in [0.15, 0.2) is 5.01 Å². The summed E-state index contributed by atoms with van der Waals surface area (Å²) < 4.78 is 1.91. The molecule has 3 N–H and O–H groups in total. The monoisotopic (exact) mass is 430 g/mol. The number of anilines is 1. The number of nitrogens with two attached hydrogens (primary N) is 1. The van der Waals surface area contributed by atoms with Gasteiger partial charge < -0.3 is 11.1 Å². The summed E-state index contributed by atoms with van der Waals surface area (Å²) in [7, 11) is 1.89. The lowest BCUT2D eigenvalue weighted by Crippen LogP contribution is -2.25. The molecule has 1 aliphatic rings. The highest BCUT2D eigenvalue weighted by atomic mass is 32.1. The number of pyridine rings is 2. The number of nitrogens with zero attached hydrogens (tertiary/aromatic N) is 6. The van der Waals surface area contributed by atoms with E-state index in [1.165, 1.54) is 0 Å². The summed E-state index contributed by atoms with van der Waals surface area (Å²) in [6.45, 7) is 0. The predicted molar refractivity (Wildman–Crippen MR) is 121 cm³/mol. The fraction of sp³-hybridized carbons (Fsp3) is 0.318. The fourth-order valence-corrected chi connectivity index (χ4v) is 5.13. The van der Waals surface area contributed by atoms with Crippen LogP contribution in [0.2, 0.25) is 0 Å². The number of aromatic nitrogens is 5. The number of hydrogen-bond acceptors (Lipinski definition) is 8. The van der Waals surface area contributed by atoms with Crippen LogP contribution in [0.1, 0.15) is 42.2 Å².